The zero-order valence-electron chi connectivity index (χ0n) is 12.4. The van der Waals surface area contributed by atoms with Gasteiger partial charge >= 0.3 is 0 Å². The molecule has 24 heavy (non-hydrogen) atoms. The molecule has 0 radical (unpaired) electrons. The summed E-state index contributed by atoms with van der Waals surface area (Å²) in [4.78, 5) is 9.61. The van der Waals surface area contributed by atoms with E-state index in [2.05, 4.69) is 9.97 Å². The van der Waals surface area contributed by atoms with E-state index in [0.29, 0.717) is 29.1 Å². The molecular weight excluding hydrogens is 368 g/mol. The molecule has 0 unspecified atom stereocenters. The summed E-state index contributed by atoms with van der Waals surface area (Å²) >= 11 is 2.96. The average Bonchev–Trinajstić information content (AvgIpc) is 3.00. The number of ether oxygens (including phenoxy) is 1. The van der Waals surface area contributed by atoms with E-state index >= 15 is 0 Å². The van der Waals surface area contributed by atoms with E-state index < -0.39 is 10.0 Å². The van der Waals surface area contributed by atoms with Crippen molar-refractivity contribution in [1.82, 2.24) is 9.97 Å². The lowest BCUT2D eigenvalue weighted by molar-refractivity contribution is 0.343. The Morgan fingerprint density at radius 3 is 2.62 bits per heavy atom. The van der Waals surface area contributed by atoms with Gasteiger partial charge in [-0.25, -0.2) is 23.5 Å². The number of nitrogen functional groups attached to an aromatic ring is 1. The number of benzene rings is 1. The van der Waals surface area contributed by atoms with Gasteiger partial charge in [0.05, 0.1) is 16.9 Å². The number of thioether (sulfide) groups is 1. The number of nitrogens with zero attached hydrogens (tertiary/aromatic N) is 2. The van der Waals surface area contributed by atoms with Crippen LogP contribution in [0.3, 0.4) is 0 Å². The van der Waals surface area contributed by atoms with Crippen LogP contribution in [0.25, 0.3) is 10.2 Å². The third kappa shape index (κ3) is 3.96. The molecule has 2 aromatic heterocycles. The van der Waals surface area contributed by atoms with Gasteiger partial charge in [0.25, 0.3) is 0 Å². The molecule has 0 amide bonds. The molecule has 2 heterocycles. The van der Waals surface area contributed by atoms with Crippen molar-refractivity contribution in [2.24, 2.45) is 5.14 Å². The highest BCUT2D eigenvalue weighted by Gasteiger charge is 2.08. The molecule has 0 atom stereocenters. The van der Waals surface area contributed by atoms with Crippen LogP contribution in [-0.2, 0) is 10.0 Å². The van der Waals surface area contributed by atoms with Crippen molar-refractivity contribution in [2.45, 2.75) is 10.1 Å². The number of anilines is 1. The van der Waals surface area contributed by atoms with Gasteiger partial charge in [0.2, 0.25) is 10.0 Å². The molecule has 0 fully saturated rings. The van der Waals surface area contributed by atoms with Crippen LogP contribution in [0.1, 0.15) is 0 Å². The van der Waals surface area contributed by atoms with Gasteiger partial charge in [-0.15, -0.1) is 11.3 Å². The van der Waals surface area contributed by atoms with Gasteiger partial charge in [0.1, 0.15) is 16.4 Å². The van der Waals surface area contributed by atoms with Crippen LogP contribution in [0.15, 0.2) is 45.8 Å². The van der Waals surface area contributed by atoms with Gasteiger partial charge in [-0.2, -0.15) is 0 Å². The number of sulfonamides is 1. The van der Waals surface area contributed by atoms with Crippen molar-refractivity contribution < 1.29 is 13.2 Å². The largest absolute Gasteiger partial charge is 0.493 e. The standard InChI is InChI=1S/C14H14N4O3S3/c15-12-11-5-7-22-13(11)18-14(17-12)23-8-6-21-9-1-3-10(4-2-9)24(16,19)20/h1-5,7H,6,8H2,(H2,15,17,18)(H2,16,19,20). The Hall–Kier alpha value is -1.88. The lowest BCUT2D eigenvalue weighted by atomic mass is 10.3. The molecule has 3 aromatic rings. The van der Waals surface area contributed by atoms with Gasteiger partial charge in [-0.1, -0.05) is 11.8 Å². The average molecular weight is 382 g/mol. The molecule has 0 saturated heterocycles. The van der Waals surface area contributed by atoms with Gasteiger partial charge in [-0.3, -0.25) is 0 Å². The maximum Gasteiger partial charge on any atom is 0.238 e. The highest BCUT2D eigenvalue weighted by Crippen LogP contribution is 2.26. The highest BCUT2D eigenvalue weighted by atomic mass is 32.2. The Labute approximate surface area is 147 Å². The molecule has 10 heteroatoms. The maximum absolute atomic E-state index is 11.2. The Kier molecular flexibility index (Phi) is 4.90. The molecule has 0 bridgehead atoms. The summed E-state index contributed by atoms with van der Waals surface area (Å²) in [6, 6.07) is 7.85. The van der Waals surface area contributed by atoms with E-state index in [1.165, 1.54) is 35.2 Å². The topological polar surface area (TPSA) is 121 Å². The quantitative estimate of drug-likeness (QED) is 0.380. The first kappa shape index (κ1) is 17.0. The first-order chi connectivity index (χ1) is 11.4. The van der Waals surface area contributed by atoms with E-state index in [-0.39, 0.29) is 4.90 Å². The summed E-state index contributed by atoms with van der Waals surface area (Å²) in [5.74, 6) is 1.67. The fourth-order valence-corrected chi connectivity index (χ4v) is 3.95. The molecule has 0 spiro atoms. The van der Waals surface area contributed by atoms with Crippen molar-refractivity contribution in [3.8, 4) is 5.75 Å². The molecular formula is C14H14N4O3S3. The van der Waals surface area contributed by atoms with Crippen molar-refractivity contribution in [3.63, 3.8) is 0 Å². The van der Waals surface area contributed by atoms with Gasteiger partial charge < -0.3 is 10.5 Å². The van der Waals surface area contributed by atoms with E-state index in [1.54, 1.807) is 12.1 Å². The molecule has 4 N–H and O–H groups in total. The fourth-order valence-electron chi connectivity index (χ4n) is 1.94. The second-order valence-electron chi connectivity index (χ2n) is 4.74. The SMILES string of the molecule is Nc1nc(SCCOc2ccc(S(N)(=O)=O)cc2)nc2sccc12. The normalized spacial score (nSPS) is 11.7. The second-order valence-corrected chi connectivity index (χ2v) is 8.26. The molecule has 1 aromatic carbocycles. The minimum Gasteiger partial charge on any atom is -0.493 e. The first-order valence-electron chi connectivity index (χ1n) is 6.83. The minimum atomic E-state index is -3.69. The lowest BCUT2D eigenvalue weighted by Crippen LogP contribution is -2.11. The van der Waals surface area contributed by atoms with Crippen LogP contribution in [0.5, 0.6) is 5.75 Å². The Morgan fingerprint density at radius 2 is 1.92 bits per heavy atom. The number of aromatic nitrogens is 2. The smallest absolute Gasteiger partial charge is 0.238 e. The third-order valence-corrected chi connectivity index (χ3v) is 5.62. The monoisotopic (exact) mass is 382 g/mol. The predicted molar refractivity (Wildman–Crippen MR) is 95.9 cm³/mol. The van der Waals surface area contributed by atoms with E-state index in [9.17, 15) is 8.42 Å². The Balaban J connectivity index is 1.54. The second kappa shape index (κ2) is 6.93. The van der Waals surface area contributed by atoms with Crippen LogP contribution < -0.4 is 15.6 Å². The molecule has 0 aliphatic rings. The summed E-state index contributed by atoms with van der Waals surface area (Å²) in [5.41, 5.74) is 5.90. The fraction of sp³-hybridized carbons (Fsp3) is 0.143. The summed E-state index contributed by atoms with van der Waals surface area (Å²) < 4.78 is 27.9. The van der Waals surface area contributed by atoms with Crippen molar-refractivity contribution in [2.75, 3.05) is 18.1 Å². The summed E-state index contributed by atoms with van der Waals surface area (Å²) in [7, 11) is -3.69. The van der Waals surface area contributed by atoms with Crippen LogP contribution in [-0.4, -0.2) is 30.7 Å². The number of thiophene rings is 1. The predicted octanol–water partition coefficient (Wildman–Crippen LogP) is 2.09. The number of primary sulfonamides is 1. The van der Waals surface area contributed by atoms with Crippen LogP contribution in [0.2, 0.25) is 0 Å². The third-order valence-electron chi connectivity index (χ3n) is 3.07. The zero-order valence-corrected chi connectivity index (χ0v) is 14.8. The van der Waals surface area contributed by atoms with Crippen LogP contribution in [0.4, 0.5) is 5.82 Å². The van der Waals surface area contributed by atoms with E-state index in [4.69, 9.17) is 15.6 Å². The molecule has 7 nitrogen and oxygen atoms in total. The van der Waals surface area contributed by atoms with E-state index in [0.717, 1.165) is 10.2 Å². The summed E-state index contributed by atoms with van der Waals surface area (Å²) in [6.07, 6.45) is 0. The number of rotatable bonds is 6. The summed E-state index contributed by atoms with van der Waals surface area (Å²) in [6.45, 7) is 0.422. The van der Waals surface area contributed by atoms with Gasteiger partial charge in [-0.05, 0) is 35.7 Å². The molecule has 126 valence electrons. The Morgan fingerprint density at radius 1 is 1.17 bits per heavy atom. The zero-order chi connectivity index (χ0) is 17.2. The van der Waals surface area contributed by atoms with Crippen molar-refractivity contribution >= 4 is 49.2 Å². The van der Waals surface area contributed by atoms with Crippen molar-refractivity contribution in [3.05, 3.63) is 35.7 Å². The van der Waals surface area contributed by atoms with Crippen LogP contribution in [0, 0.1) is 0 Å². The van der Waals surface area contributed by atoms with Crippen molar-refractivity contribution in [1.29, 1.82) is 0 Å². The van der Waals surface area contributed by atoms with Crippen LogP contribution >= 0.6 is 23.1 Å². The molecule has 3 rings (SSSR count). The van der Waals surface area contributed by atoms with Gasteiger partial charge in [0.15, 0.2) is 5.16 Å². The maximum atomic E-state index is 11.2. The highest BCUT2D eigenvalue weighted by molar-refractivity contribution is 7.99. The van der Waals surface area contributed by atoms with E-state index in [1.807, 2.05) is 11.4 Å². The number of fused-ring (bicyclic) bond motifs is 1. The number of hydrogen-bond donors (Lipinski definition) is 2. The summed E-state index contributed by atoms with van der Waals surface area (Å²) in [5, 5.41) is 8.45. The molecule has 0 aliphatic carbocycles. The van der Waals surface area contributed by atoms with Gasteiger partial charge in [0, 0.05) is 5.75 Å². The number of nitrogens with two attached hydrogens (primary N) is 2. The number of hydrogen-bond acceptors (Lipinski definition) is 8. The minimum absolute atomic E-state index is 0.0531. The molecule has 0 saturated carbocycles. The first-order valence-corrected chi connectivity index (χ1v) is 10.2. The lowest BCUT2D eigenvalue weighted by Gasteiger charge is -2.06. The molecule has 0 aliphatic heterocycles. The Bertz CT molecular complexity index is 955.